The minimum absolute atomic E-state index is 0.629. The molecule has 0 aromatic carbocycles. The first-order valence-electron chi connectivity index (χ1n) is 5.66. The van der Waals surface area contributed by atoms with Crippen LogP contribution in [0, 0.1) is 6.92 Å². The second-order valence-corrected chi connectivity index (χ2v) is 4.67. The van der Waals surface area contributed by atoms with Gasteiger partial charge in [-0.3, -0.25) is 0 Å². The number of aryl methyl sites for hydroxylation is 1. The Morgan fingerprint density at radius 1 is 1.41 bits per heavy atom. The molecule has 4 heteroatoms. The van der Waals surface area contributed by atoms with Crippen molar-refractivity contribution in [2.45, 2.75) is 20.4 Å². The lowest BCUT2D eigenvalue weighted by atomic mass is 10.3. The third kappa shape index (κ3) is 2.97. The highest BCUT2D eigenvalue weighted by Gasteiger charge is 2.05. The summed E-state index contributed by atoms with van der Waals surface area (Å²) in [4.78, 5) is 5.55. The van der Waals surface area contributed by atoms with Crippen molar-refractivity contribution in [1.82, 2.24) is 4.98 Å². The molecule has 0 unspecified atom stereocenters. The van der Waals surface area contributed by atoms with Crippen LogP contribution in [0.5, 0.6) is 5.88 Å². The van der Waals surface area contributed by atoms with E-state index in [1.807, 2.05) is 19.1 Å². The lowest BCUT2D eigenvalue weighted by Crippen LogP contribution is -2.03. The number of pyridine rings is 1. The molecular formula is C13H16N2OS. The fourth-order valence-corrected chi connectivity index (χ4v) is 2.38. The molecule has 0 saturated heterocycles. The number of anilines is 1. The molecule has 0 fully saturated rings. The van der Waals surface area contributed by atoms with E-state index in [-0.39, 0.29) is 0 Å². The predicted octanol–water partition coefficient (Wildman–Crippen LogP) is 3.46. The highest BCUT2D eigenvalue weighted by molar-refractivity contribution is 7.10. The van der Waals surface area contributed by atoms with E-state index in [4.69, 9.17) is 4.74 Å². The zero-order valence-corrected chi connectivity index (χ0v) is 10.9. The molecule has 0 spiro atoms. The summed E-state index contributed by atoms with van der Waals surface area (Å²) in [7, 11) is 0. The molecule has 90 valence electrons. The molecule has 0 amide bonds. The van der Waals surface area contributed by atoms with Gasteiger partial charge in [-0.1, -0.05) is 0 Å². The van der Waals surface area contributed by atoms with Gasteiger partial charge in [0.05, 0.1) is 12.3 Å². The first-order chi connectivity index (χ1) is 8.31. The minimum atomic E-state index is 0.629. The van der Waals surface area contributed by atoms with E-state index in [1.54, 1.807) is 17.5 Å². The van der Waals surface area contributed by atoms with Crippen LogP contribution in [0.15, 0.2) is 29.8 Å². The monoisotopic (exact) mass is 248 g/mol. The third-order valence-corrected chi connectivity index (χ3v) is 3.48. The lowest BCUT2D eigenvalue weighted by Gasteiger charge is -2.10. The van der Waals surface area contributed by atoms with Gasteiger partial charge < -0.3 is 10.1 Å². The number of thiophene rings is 1. The summed E-state index contributed by atoms with van der Waals surface area (Å²) >= 11 is 1.76. The summed E-state index contributed by atoms with van der Waals surface area (Å²) < 4.78 is 5.47. The predicted molar refractivity (Wildman–Crippen MR) is 71.8 cm³/mol. The molecule has 0 aliphatic rings. The summed E-state index contributed by atoms with van der Waals surface area (Å²) in [6.07, 6.45) is 1.74. The van der Waals surface area contributed by atoms with E-state index in [2.05, 4.69) is 28.7 Å². The molecule has 0 aliphatic heterocycles. The smallest absolute Gasteiger partial charge is 0.237 e. The first kappa shape index (κ1) is 11.9. The maximum absolute atomic E-state index is 5.47. The Bertz CT molecular complexity index is 482. The molecule has 0 bridgehead atoms. The number of rotatable bonds is 5. The van der Waals surface area contributed by atoms with Crippen LogP contribution in [0.2, 0.25) is 0 Å². The van der Waals surface area contributed by atoms with Gasteiger partial charge in [0.15, 0.2) is 0 Å². The molecule has 17 heavy (non-hydrogen) atoms. The van der Waals surface area contributed by atoms with Crippen LogP contribution < -0.4 is 10.1 Å². The quantitative estimate of drug-likeness (QED) is 0.879. The van der Waals surface area contributed by atoms with Crippen LogP contribution in [0.25, 0.3) is 0 Å². The SMILES string of the molecule is CCOc1ncccc1NCc1sccc1C. The van der Waals surface area contributed by atoms with E-state index < -0.39 is 0 Å². The summed E-state index contributed by atoms with van der Waals surface area (Å²) in [5.74, 6) is 0.671. The van der Waals surface area contributed by atoms with Crippen LogP contribution in [-0.4, -0.2) is 11.6 Å². The van der Waals surface area contributed by atoms with Gasteiger partial charge in [-0.25, -0.2) is 4.98 Å². The second kappa shape index (κ2) is 5.68. The van der Waals surface area contributed by atoms with Gasteiger partial charge in [-0.2, -0.15) is 0 Å². The molecule has 2 aromatic heterocycles. The molecule has 0 atom stereocenters. The fourth-order valence-electron chi connectivity index (χ4n) is 1.54. The van der Waals surface area contributed by atoms with Gasteiger partial charge in [-0.15, -0.1) is 11.3 Å². The minimum Gasteiger partial charge on any atom is -0.476 e. The summed E-state index contributed by atoms with van der Waals surface area (Å²) in [5, 5.41) is 5.47. The average molecular weight is 248 g/mol. The number of ether oxygens (including phenoxy) is 1. The van der Waals surface area contributed by atoms with Crippen LogP contribution in [0.3, 0.4) is 0 Å². The number of nitrogens with zero attached hydrogens (tertiary/aromatic N) is 1. The Morgan fingerprint density at radius 2 is 2.29 bits per heavy atom. The Kier molecular flexibility index (Phi) is 3.98. The standard InChI is InChI=1S/C13H16N2OS/c1-3-16-13-11(5-4-7-14-13)15-9-12-10(2)6-8-17-12/h4-8,15H,3,9H2,1-2H3. The van der Waals surface area contributed by atoms with Gasteiger partial charge in [-0.05, 0) is 43.0 Å². The van der Waals surface area contributed by atoms with Crippen LogP contribution in [0.1, 0.15) is 17.4 Å². The molecule has 0 aliphatic carbocycles. The molecule has 2 heterocycles. The highest BCUT2D eigenvalue weighted by Crippen LogP contribution is 2.23. The second-order valence-electron chi connectivity index (χ2n) is 3.67. The number of hydrogen-bond donors (Lipinski definition) is 1. The summed E-state index contributed by atoms with van der Waals surface area (Å²) in [6, 6.07) is 6.03. The third-order valence-electron chi connectivity index (χ3n) is 2.46. The van der Waals surface area contributed by atoms with Crippen molar-refractivity contribution in [3.63, 3.8) is 0 Å². The largest absolute Gasteiger partial charge is 0.476 e. The maximum Gasteiger partial charge on any atom is 0.237 e. The Hall–Kier alpha value is -1.55. The van der Waals surface area contributed by atoms with E-state index in [1.165, 1.54) is 10.4 Å². The van der Waals surface area contributed by atoms with E-state index >= 15 is 0 Å². The molecule has 2 aromatic rings. The lowest BCUT2D eigenvalue weighted by molar-refractivity contribution is 0.328. The van der Waals surface area contributed by atoms with Crippen LogP contribution >= 0.6 is 11.3 Å². The zero-order valence-electron chi connectivity index (χ0n) is 10.1. The molecule has 0 radical (unpaired) electrons. The summed E-state index contributed by atoms with van der Waals surface area (Å²) in [6.45, 7) is 5.53. The maximum atomic E-state index is 5.47. The Balaban J connectivity index is 2.06. The molecule has 3 nitrogen and oxygen atoms in total. The molecule has 1 N–H and O–H groups in total. The van der Waals surface area contributed by atoms with E-state index in [9.17, 15) is 0 Å². The average Bonchev–Trinajstić information content (AvgIpc) is 2.74. The van der Waals surface area contributed by atoms with E-state index in [0.717, 1.165) is 12.2 Å². The van der Waals surface area contributed by atoms with Crippen molar-refractivity contribution in [3.8, 4) is 5.88 Å². The Labute approximate surface area is 105 Å². The van der Waals surface area contributed by atoms with Gasteiger partial charge in [0, 0.05) is 17.6 Å². The highest BCUT2D eigenvalue weighted by atomic mass is 32.1. The van der Waals surface area contributed by atoms with Crippen molar-refractivity contribution in [2.75, 3.05) is 11.9 Å². The van der Waals surface area contributed by atoms with Gasteiger partial charge in [0.25, 0.3) is 0 Å². The molecular weight excluding hydrogens is 232 g/mol. The van der Waals surface area contributed by atoms with Crippen molar-refractivity contribution in [2.24, 2.45) is 0 Å². The normalized spacial score (nSPS) is 10.2. The van der Waals surface area contributed by atoms with Crippen LogP contribution in [0.4, 0.5) is 5.69 Å². The van der Waals surface area contributed by atoms with E-state index in [0.29, 0.717) is 12.5 Å². The van der Waals surface area contributed by atoms with Crippen molar-refractivity contribution < 1.29 is 4.74 Å². The van der Waals surface area contributed by atoms with Crippen molar-refractivity contribution >= 4 is 17.0 Å². The summed E-state index contributed by atoms with van der Waals surface area (Å²) in [5.41, 5.74) is 2.27. The molecule has 2 rings (SSSR count). The first-order valence-corrected chi connectivity index (χ1v) is 6.54. The fraction of sp³-hybridized carbons (Fsp3) is 0.308. The van der Waals surface area contributed by atoms with Crippen LogP contribution in [-0.2, 0) is 6.54 Å². The number of hydrogen-bond acceptors (Lipinski definition) is 4. The molecule has 0 saturated carbocycles. The van der Waals surface area contributed by atoms with Crippen molar-refractivity contribution in [3.05, 3.63) is 40.2 Å². The zero-order chi connectivity index (χ0) is 12.1. The van der Waals surface area contributed by atoms with Gasteiger partial charge in [0.2, 0.25) is 5.88 Å². The topological polar surface area (TPSA) is 34.1 Å². The number of nitrogens with one attached hydrogen (secondary N) is 1. The Morgan fingerprint density at radius 3 is 3.00 bits per heavy atom. The van der Waals surface area contributed by atoms with Gasteiger partial charge >= 0.3 is 0 Å². The number of aromatic nitrogens is 1. The van der Waals surface area contributed by atoms with Gasteiger partial charge in [0.1, 0.15) is 0 Å². The van der Waals surface area contributed by atoms with Crippen molar-refractivity contribution in [1.29, 1.82) is 0 Å².